The number of likely N-dealkylation sites (tertiary alicyclic amines) is 1. The third kappa shape index (κ3) is 7.41. The maximum Gasteiger partial charge on any atom is 0.328 e. The van der Waals surface area contributed by atoms with Crippen LogP contribution in [-0.2, 0) is 4.79 Å². The molecule has 4 aliphatic rings. The number of urea groups is 1. The van der Waals surface area contributed by atoms with Gasteiger partial charge in [0.25, 0.3) is 5.91 Å². The molecule has 57 heavy (non-hydrogen) atoms. The van der Waals surface area contributed by atoms with Crippen LogP contribution in [0.5, 0.6) is 5.75 Å². The Morgan fingerprint density at radius 3 is 2.40 bits per heavy atom. The molecular formula is C43H50ClN9O4. The van der Waals surface area contributed by atoms with Gasteiger partial charge in [-0.05, 0) is 61.9 Å². The summed E-state index contributed by atoms with van der Waals surface area (Å²) in [4.78, 5) is 53.4. The fourth-order valence-electron chi connectivity index (χ4n) is 10.0. The SMILES string of the molecule is CC1(C)[C@H](NC(=O)c2cnc(N3CCC(CN4CCC(n5ccc6c(N7CCC(=O)NC7=O)cccc65)CC4)CC3)cn2)C(C)(C)[C@H]1Oc1ccc(C#N)c(Cl)c1. The minimum Gasteiger partial charge on any atom is -0.489 e. The van der Waals surface area contributed by atoms with Crippen LogP contribution in [0, 0.1) is 28.1 Å². The molecule has 1 saturated carbocycles. The van der Waals surface area contributed by atoms with Crippen molar-refractivity contribution in [2.75, 3.05) is 49.1 Å². The number of nitrogens with one attached hydrogen (secondary N) is 2. The molecule has 2 N–H and O–H groups in total. The van der Waals surface area contributed by atoms with E-state index in [0.717, 1.165) is 80.8 Å². The molecule has 2 aromatic carbocycles. The first kappa shape index (κ1) is 38.7. The Kier molecular flexibility index (Phi) is 10.4. The highest BCUT2D eigenvalue weighted by Crippen LogP contribution is 2.55. The smallest absolute Gasteiger partial charge is 0.328 e. The number of halogens is 1. The largest absolute Gasteiger partial charge is 0.489 e. The van der Waals surface area contributed by atoms with Gasteiger partial charge in [-0.3, -0.25) is 19.8 Å². The number of hydrogen-bond donors (Lipinski definition) is 2. The lowest BCUT2D eigenvalue weighted by atomic mass is 9.49. The lowest BCUT2D eigenvalue weighted by Gasteiger charge is -2.63. The number of piperidine rings is 2. The van der Waals surface area contributed by atoms with Crippen LogP contribution in [0.25, 0.3) is 10.9 Å². The van der Waals surface area contributed by atoms with Crippen molar-refractivity contribution in [3.63, 3.8) is 0 Å². The van der Waals surface area contributed by atoms with Gasteiger partial charge in [0.15, 0.2) is 0 Å². The van der Waals surface area contributed by atoms with Crippen molar-refractivity contribution < 1.29 is 19.1 Å². The Morgan fingerprint density at radius 2 is 1.74 bits per heavy atom. The van der Waals surface area contributed by atoms with Gasteiger partial charge in [-0.25, -0.2) is 14.8 Å². The Balaban J connectivity index is 0.800. The van der Waals surface area contributed by atoms with Gasteiger partial charge >= 0.3 is 6.03 Å². The highest BCUT2D eigenvalue weighted by molar-refractivity contribution is 6.31. The van der Waals surface area contributed by atoms with Crippen LogP contribution in [0.4, 0.5) is 16.3 Å². The van der Waals surface area contributed by atoms with Gasteiger partial charge in [-0.15, -0.1) is 0 Å². The molecule has 0 unspecified atom stereocenters. The first-order valence-electron chi connectivity index (χ1n) is 20.0. The monoisotopic (exact) mass is 791 g/mol. The number of carbonyl (C=O) groups is 3. The van der Waals surface area contributed by atoms with Crippen molar-refractivity contribution in [3.8, 4) is 11.8 Å². The number of ether oxygens (including phenoxy) is 1. The van der Waals surface area contributed by atoms with Gasteiger partial charge < -0.3 is 24.4 Å². The molecule has 4 amide bonds. The fourth-order valence-corrected chi connectivity index (χ4v) is 10.2. The van der Waals surface area contributed by atoms with Gasteiger partial charge in [-0.1, -0.05) is 45.4 Å². The Hall–Kier alpha value is -5.19. The van der Waals surface area contributed by atoms with Crippen molar-refractivity contribution in [1.29, 1.82) is 5.26 Å². The van der Waals surface area contributed by atoms with Gasteiger partial charge in [0.05, 0.1) is 34.2 Å². The first-order chi connectivity index (χ1) is 27.3. The maximum absolute atomic E-state index is 13.4. The molecule has 1 aliphatic carbocycles. The van der Waals surface area contributed by atoms with Crippen molar-refractivity contribution in [3.05, 3.63) is 77.3 Å². The molecule has 0 bridgehead atoms. The minimum atomic E-state index is -0.380. The minimum absolute atomic E-state index is 0.171. The molecule has 298 valence electrons. The summed E-state index contributed by atoms with van der Waals surface area (Å²) in [5.41, 5.74) is 1.89. The van der Waals surface area contributed by atoms with E-state index < -0.39 is 0 Å². The standard InChI is InChI=1S/C43H50ClN9O4/c1-42(2)39(43(3,4)40(42)57-30-9-8-28(23-45)32(44)22-30)49-38(55)33-24-47-36(25-46-33)51-18-10-27(11-19-51)26-50-16-12-29(13-17-50)52-20-14-31-34(52)6-5-7-35(31)53-21-15-37(54)48-41(53)56/h5-9,14,20,22,24-25,27,29,39-40H,10-13,15-19,21,26H2,1-4H3,(H,49,55)(H,48,54,56)/t39-,40-. The lowest BCUT2D eigenvalue weighted by Crippen LogP contribution is -2.74. The molecule has 3 aliphatic heterocycles. The van der Waals surface area contributed by atoms with Crippen molar-refractivity contribution in [1.82, 2.24) is 30.1 Å². The molecule has 4 aromatic rings. The van der Waals surface area contributed by atoms with E-state index >= 15 is 0 Å². The predicted molar refractivity (Wildman–Crippen MR) is 219 cm³/mol. The van der Waals surface area contributed by atoms with E-state index in [1.165, 1.54) is 0 Å². The molecule has 2 aromatic heterocycles. The average molecular weight is 792 g/mol. The number of hydrogen-bond acceptors (Lipinski definition) is 9. The number of benzene rings is 2. The van der Waals surface area contributed by atoms with Crippen LogP contribution in [-0.4, -0.2) is 88.7 Å². The topological polar surface area (TPSA) is 149 Å². The van der Waals surface area contributed by atoms with Gasteiger partial charge in [0, 0.05) is 86.3 Å². The summed E-state index contributed by atoms with van der Waals surface area (Å²) < 4.78 is 8.74. The van der Waals surface area contributed by atoms with Gasteiger partial charge in [-0.2, -0.15) is 5.26 Å². The van der Waals surface area contributed by atoms with Crippen LogP contribution in [0.15, 0.2) is 61.1 Å². The first-order valence-corrected chi connectivity index (χ1v) is 20.4. The molecule has 14 heteroatoms. The number of nitriles is 1. The van der Waals surface area contributed by atoms with Crippen LogP contribution >= 0.6 is 11.6 Å². The molecule has 13 nitrogen and oxygen atoms in total. The summed E-state index contributed by atoms with van der Waals surface area (Å²) in [6.07, 6.45) is 9.84. The number of aromatic nitrogens is 3. The van der Waals surface area contributed by atoms with Crippen molar-refractivity contribution in [2.24, 2.45) is 16.7 Å². The normalized spacial score (nSPS) is 22.8. The molecule has 0 radical (unpaired) electrons. The number of fused-ring (bicyclic) bond motifs is 1. The van der Waals surface area contributed by atoms with Gasteiger partial charge in [0.2, 0.25) is 5.91 Å². The van der Waals surface area contributed by atoms with Crippen molar-refractivity contribution >= 4 is 51.9 Å². The number of anilines is 2. The summed E-state index contributed by atoms with van der Waals surface area (Å²) in [5, 5.41) is 16.2. The molecule has 8 rings (SSSR count). The Labute approximate surface area is 338 Å². The summed E-state index contributed by atoms with van der Waals surface area (Å²) in [6.45, 7) is 13.7. The third-order valence-electron chi connectivity index (χ3n) is 12.8. The highest BCUT2D eigenvalue weighted by Gasteiger charge is 2.64. The van der Waals surface area contributed by atoms with Crippen molar-refractivity contribution in [2.45, 2.75) is 78.0 Å². The second-order valence-electron chi connectivity index (χ2n) is 17.2. The number of rotatable bonds is 9. The zero-order valence-corrected chi connectivity index (χ0v) is 33.8. The third-order valence-corrected chi connectivity index (χ3v) is 13.1. The van der Waals surface area contributed by atoms with Crippen LogP contribution in [0.3, 0.4) is 0 Å². The average Bonchev–Trinajstić information content (AvgIpc) is 3.64. The number of amides is 4. The second-order valence-corrected chi connectivity index (χ2v) is 17.6. The van der Waals surface area contributed by atoms with E-state index in [9.17, 15) is 19.6 Å². The van der Waals surface area contributed by atoms with E-state index in [0.29, 0.717) is 41.3 Å². The molecule has 5 heterocycles. The van der Waals surface area contributed by atoms with Gasteiger partial charge in [0.1, 0.15) is 29.4 Å². The molecule has 0 atom stereocenters. The number of nitrogens with zero attached hydrogens (tertiary/aromatic N) is 7. The van der Waals surface area contributed by atoms with Crippen LogP contribution in [0.2, 0.25) is 5.02 Å². The Morgan fingerprint density at radius 1 is 0.982 bits per heavy atom. The summed E-state index contributed by atoms with van der Waals surface area (Å²) in [5.74, 6) is 1.51. The second kappa shape index (κ2) is 15.3. The molecule has 4 fully saturated rings. The Bertz CT molecular complexity index is 2200. The zero-order valence-electron chi connectivity index (χ0n) is 33.0. The number of carbonyl (C=O) groups excluding carboxylic acids is 3. The quantitative estimate of drug-likeness (QED) is 0.192. The van der Waals surface area contributed by atoms with E-state index in [-0.39, 0.29) is 46.5 Å². The summed E-state index contributed by atoms with van der Waals surface area (Å²) >= 11 is 6.25. The summed E-state index contributed by atoms with van der Waals surface area (Å²) in [7, 11) is 0. The summed E-state index contributed by atoms with van der Waals surface area (Å²) in [6, 6.07) is 15.2. The van der Waals surface area contributed by atoms with E-state index in [4.69, 9.17) is 16.3 Å². The number of imide groups is 1. The van der Waals surface area contributed by atoms with Crippen LogP contribution in [0.1, 0.15) is 81.9 Å². The van der Waals surface area contributed by atoms with Crippen LogP contribution < -0.4 is 25.2 Å². The zero-order chi connectivity index (χ0) is 40.1. The van der Waals surface area contributed by atoms with E-state index in [1.54, 1.807) is 35.5 Å². The van der Waals surface area contributed by atoms with E-state index in [2.05, 4.69) is 87.1 Å². The predicted octanol–water partition coefficient (Wildman–Crippen LogP) is 6.57. The fraction of sp³-hybridized carbons (Fsp3) is 0.488. The lowest BCUT2D eigenvalue weighted by molar-refractivity contribution is -0.164. The molecular weight excluding hydrogens is 742 g/mol. The molecule has 0 spiro atoms. The maximum atomic E-state index is 13.4. The van der Waals surface area contributed by atoms with E-state index in [1.807, 2.05) is 12.1 Å². The highest BCUT2D eigenvalue weighted by atomic mass is 35.5. The molecule has 3 saturated heterocycles.